The summed E-state index contributed by atoms with van der Waals surface area (Å²) in [5, 5.41) is 4.76. The van der Waals surface area contributed by atoms with Crippen molar-refractivity contribution in [2.24, 2.45) is 0 Å². The maximum Gasteiger partial charge on any atom is 0.264 e. The van der Waals surface area contributed by atoms with E-state index in [2.05, 4.69) is 5.32 Å². The van der Waals surface area contributed by atoms with Crippen LogP contribution in [0, 0.1) is 0 Å². The van der Waals surface area contributed by atoms with Crippen molar-refractivity contribution in [1.82, 2.24) is 10.2 Å². The molecule has 6 heteroatoms. The molecule has 1 atom stereocenters. The zero-order valence-corrected chi connectivity index (χ0v) is 15.8. The summed E-state index contributed by atoms with van der Waals surface area (Å²) in [6.45, 7) is 5.89. The first kappa shape index (κ1) is 19.0. The molecule has 0 aliphatic carbocycles. The fraction of sp³-hybridized carbons (Fsp3) is 0.368. The van der Waals surface area contributed by atoms with Gasteiger partial charge in [0.1, 0.15) is 5.75 Å². The molecule has 0 radical (unpaired) electrons. The summed E-state index contributed by atoms with van der Waals surface area (Å²) in [5.74, 6) is 0.467. The van der Waals surface area contributed by atoms with E-state index in [0.29, 0.717) is 4.88 Å². The van der Waals surface area contributed by atoms with Crippen molar-refractivity contribution in [3.05, 3.63) is 52.2 Å². The minimum atomic E-state index is -0.192. The van der Waals surface area contributed by atoms with Crippen molar-refractivity contribution in [1.29, 1.82) is 0 Å². The average molecular weight is 360 g/mol. The first-order valence-electron chi connectivity index (χ1n) is 8.21. The third-order valence-electron chi connectivity index (χ3n) is 3.59. The van der Waals surface area contributed by atoms with Crippen LogP contribution in [-0.2, 0) is 4.79 Å². The fourth-order valence-corrected chi connectivity index (χ4v) is 3.07. The number of amides is 2. The molecule has 1 aromatic heterocycles. The number of benzene rings is 1. The molecule has 0 fully saturated rings. The summed E-state index contributed by atoms with van der Waals surface area (Å²) in [5.41, 5.74) is 0.983. The molecule has 0 aliphatic heterocycles. The van der Waals surface area contributed by atoms with Gasteiger partial charge in [0, 0.05) is 7.05 Å². The molecule has 0 spiro atoms. The van der Waals surface area contributed by atoms with E-state index in [1.807, 2.05) is 56.5 Å². The van der Waals surface area contributed by atoms with Gasteiger partial charge in [-0.05, 0) is 49.9 Å². The van der Waals surface area contributed by atoms with Crippen molar-refractivity contribution in [3.8, 4) is 5.75 Å². The van der Waals surface area contributed by atoms with Gasteiger partial charge in [-0.25, -0.2) is 0 Å². The molecule has 0 aliphatic rings. The smallest absolute Gasteiger partial charge is 0.264 e. The van der Waals surface area contributed by atoms with Crippen LogP contribution in [0.15, 0.2) is 41.8 Å². The first-order chi connectivity index (χ1) is 11.9. The maximum absolute atomic E-state index is 12.2. The number of hydrogen-bond donors (Lipinski definition) is 1. The second-order valence-corrected chi connectivity index (χ2v) is 7.11. The van der Waals surface area contributed by atoms with Gasteiger partial charge in [0.05, 0.1) is 23.6 Å². The van der Waals surface area contributed by atoms with Crippen LogP contribution < -0.4 is 10.1 Å². The molecule has 1 unspecified atom stereocenters. The SMILES string of the molecule is CC(C)Oc1ccc(C(C)NC(=O)CN(C)C(=O)c2cccs2)cc1. The monoisotopic (exact) mass is 360 g/mol. The predicted octanol–water partition coefficient (Wildman–Crippen LogP) is 3.48. The molecular formula is C19H24N2O3S. The average Bonchev–Trinajstić information content (AvgIpc) is 3.08. The Hall–Kier alpha value is -2.34. The largest absolute Gasteiger partial charge is 0.491 e. The summed E-state index contributed by atoms with van der Waals surface area (Å²) in [4.78, 5) is 26.4. The minimum Gasteiger partial charge on any atom is -0.491 e. The topological polar surface area (TPSA) is 58.6 Å². The number of rotatable bonds is 7. The number of carbonyl (C=O) groups is 2. The standard InChI is InChI=1S/C19H24N2O3S/c1-13(2)24-16-9-7-15(8-10-16)14(3)20-18(22)12-21(4)19(23)17-6-5-11-25-17/h5-11,13-14H,12H2,1-4H3,(H,20,22). The van der Waals surface area contributed by atoms with Gasteiger partial charge in [0.15, 0.2) is 0 Å². The second kappa shape index (κ2) is 8.67. The molecule has 2 aromatic rings. The Labute approximate surface area is 152 Å². The van der Waals surface area contributed by atoms with E-state index in [1.54, 1.807) is 13.1 Å². The van der Waals surface area contributed by atoms with E-state index in [0.717, 1.165) is 11.3 Å². The minimum absolute atomic E-state index is 0.0234. The summed E-state index contributed by atoms with van der Waals surface area (Å²) >= 11 is 1.37. The first-order valence-corrected chi connectivity index (χ1v) is 9.09. The zero-order chi connectivity index (χ0) is 18.4. The Balaban J connectivity index is 1.88. The van der Waals surface area contributed by atoms with Crippen LogP contribution in [0.3, 0.4) is 0 Å². The quantitative estimate of drug-likeness (QED) is 0.822. The molecule has 0 saturated heterocycles. The van der Waals surface area contributed by atoms with Crippen LogP contribution >= 0.6 is 11.3 Å². The third kappa shape index (κ3) is 5.60. The molecule has 1 aromatic carbocycles. The van der Waals surface area contributed by atoms with Gasteiger partial charge in [-0.15, -0.1) is 11.3 Å². The van der Waals surface area contributed by atoms with Gasteiger partial charge in [-0.1, -0.05) is 18.2 Å². The van der Waals surface area contributed by atoms with Gasteiger partial charge in [0.2, 0.25) is 5.91 Å². The number of carbonyl (C=O) groups excluding carboxylic acids is 2. The van der Waals surface area contributed by atoms with Gasteiger partial charge < -0.3 is 15.0 Å². The normalized spacial score (nSPS) is 11.9. The highest BCUT2D eigenvalue weighted by molar-refractivity contribution is 7.12. The van der Waals surface area contributed by atoms with Crippen molar-refractivity contribution in [2.75, 3.05) is 13.6 Å². The number of likely N-dealkylation sites (N-methyl/N-ethyl adjacent to an activating group) is 1. The lowest BCUT2D eigenvalue weighted by Crippen LogP contribution is -2.39. The molecule has 5 nitrogen and oxygen atoms in total. The summed E-state index contributed by atoms with van der Waals surface area (Å²) < 4.78 is 5.61. The number of ether oxygens (including phenoxy) is 1. The van der Waals surface area contributed by atoms with Crippen molar-refractivity contribution >= 4 is 23.2 Å². The van der Waals surface area contributed by atoms with E-state index in [-0.39, 0.29) is 30.5 Å². The zero-order valence-electron chi connectivity index (χ0n) is 15.0. The Morgan fingerprint density at radius 2 is 1.84 bits per heavy atom. The lowest BCUT2D eigenvalue weighted by molar-refractivity contribution is -0.122. The molecule has 0 saturated carbocycles. The van der Waals surface area contributed by atoms with Crippen LogP contribution in [-0.4, -0.2) is 36.4 Å². The Morgan fingerprint density at radius 3 is 2.40 bits per heavy atom. The molecule has 2 amide bonds. The van der Waals surface area contributed by atoms with Crippen LogP contribution in [0.25, 0.3) is 0 Å². The predicted molar refractivity (Wildman–Crippen MR) is 100 cm³/mol. The van der Waals surface area contributed by atoms with Gasteiger partial charge in [0.25, 0.3) is 5.91 Å². The second-order valence-electron chi connectivity index (χ2n) is 6.16. The lowest BCUT2D eigenvalue weighted by Gasteiger charge is -2.19. The van der Waals surface area contributed by atoms with E-state index in [9.17, 15) is 9.59 Å². The summed E-state index contributed by atoms with van der Waals surface area (Å²) in [6, 6.07) is 11.1. The summed E-state index contributed by atoms with van der Waals surface area (Å²) in [6.07, 6.45) is 0.124. The van der Waals surface area contributed by atoms with E-state index in [4.69, 9.17) is 4.74 Å². The lowest BCUT2D eigenvalue weighted by atomic mass is 10.1. The third-order valence-corrected chi connectivity index (χ3v) is 4.45. The Bertz CT molecular complexity index is 696. The van der Waals surface area contributed by atoms with E-state index >= 15 is 0 Å². The van der Waals surface area contributed by atoms with Crippen LogP contribution in [0.4, 0.5) is 0 Å². The number of thiophene rings is 1. The van der Waals surface area contributed by atoms with Gasteiger partial charge >= 0.3 is 0 Å². The number of nitrogens with one attached hydrogen (secondary N) is 1. The maximum atomic E-state index is 12.2. The highest BCUT2D eigenvalue weighted by atomic mass is 32.1. The van der Waals surface area contributed by atoms with Gasteiger partial charge in [-0.3, -0.25) is 9.59 Å². The summed E-state index contributed by atoms with van der Waals surface area (Å²) in [7, 11) is 1.63. The molecule has 134 valence electrons. The Morgan fingerprint density at radius 1 is 1.16 bits per heavy atom. The van der Waals surface area contributed by atoms with Crippen molar-refractivity contribution in [3.63, 3.8) is 0 Å². The highest BCUT2D eigenvalue weighted by Gasteiger charge is 2.17. The number of hydrogen-bond acceptors (Lipinski definition) is 4. The molecule has 25 heavy (non-hydrogen) atoms. The van der Waals surface area contributed by atoms with Crippen LogP contribution in [0.1, 0.15) is 42.0 Å². The molecule has 2 rings (SSSR count). The molecule has 1 N–H and O–H groups in total. The van der Waals surface area contributed by atoms with Gasteiger partial charge in [-0.2, -0.15) is 0 Å². The number of nitrogens with zero attached hydrogens (tertiary/aromatic N) is 1. The van der Waals surface area contributed by atoms with Crippen LogP contribution in [0.2, 0.25) is 0 Å². The van der Waals surface area contributed by atoms with Crippen LogP contribution in [0.5, 0.6) is 5.75 Å². The van der Waals surface area contributed by atoms with Crippen molar-refractivity contribution in [2.45, 2.75) is 32.9 Å². The highest BCUT2D eigenvalue weighted by Crippen LogP contribution is 2.18. The van der Waals surface area contributed by atoms with E-state index < -0.39 is 0 Å². The molecule has 0 bridgehead atoms. The van der Waals surface area contributed by atoms with Crippen molar-refractivity contribution < 1.29 is 14.3 Å². The fourth-order valence-electron chi connectivity index (χ4n) is 2.35. The van der Waals surface area contributed by atoms with E-state index in [1.165, 1.54) is 16.2 Å². The Kier molecular flexibility index (Phi) is 6.58. The molecular weight excluding hydrogens is 336 g/mol. The molecule has 1 heterocycles.